The summed E-state index contributed by atoms with van der Waals surface area (Å²) in [6, 6.07) is 10.9. The lowest BCUT2D eigenvalue weighted by atomic mass is 10.2. The van der Waals surface area contributed by atoms with Crippen LogP contribution in [0.1, 0.15) is 18.4 Å². The molecule has 1 heterocycles. The maximum Gasteiger partial charge on any atom is 0.241 e. The van der Waals surface area contributed by atoms with Crippen LogP contribution < -0.4 is 10.1 Å². The third-order valence-electron chi connectivity index (χ3n) is 3.61. The average Bonchev–Trinajstić information content (AvgIpc) is 2.92. The summed E-state index contributed by atoms with van der Waals surface area (Å²) >= 11 is 0. The van der Waals surface area contributed by atoms with Crippen LogP contribution in [0.2, 0.25) is 0 Å². The van der Waals surface area contributed by atoms with Crippen LogP contribution in [-0.4, -0.2) is 31.0 Å². The monoisotopic (exact) mass is 302 g/mol. The van der Waals surface area contributed by atoms with Crippen molar-refractivity contribution in [3.05, 3.63) is 47.9 Å². The SMILES string of the molecule is COc1ccccc1NC(=O)C(C)N(C)Cc1ccc(C)o1. The minimum absolute atomic E-state index is 0.0877. The summed E-state index contributed by atoms with van der Waals surface area (Å²) in [6.07, 6.45) is 0. The van der Waals surface area contributed by atoms with Gasteiger partial charge in [-0.15, -0.1) is 0 Å². The second kappa shape index (κ2) is 7.13. The van der Waals surface area contributed by atoms with Gasteiger partial charge in [0.05, 0.1) is 25.4 Å². The maximum atomic E-state index is 12.4. The van der Waals surface area contributed by atoms with Crippen LogP contribution in [-0.2, 0) is 11.3 Å². The first kappa shape index (κ1) is 16.1. The van der Waals surface area contributed by atoms with Gasteiger partial charge in [0.2, 0.25) is 5.91 Å². The van der Waals surface area contributed by atoms with Crippen molar-refractivity contribution in [2.24, 2.45) is 0 Å². The molecule has 0 bridgehead atoms. The third kappa shape index (κ3) is 3.89. The number of nitrogens with one attached hydrogen (secondary N) is 1. The molecule has 1 amide bonds. The Labute approximate surface area is 130 Å². The van der Waals surface area contributed by atoms with E-state index in [-0.39, 0.29) is 11.9 Å². The molecule has 0 saturated carbocycles. The molecular formula is C17H22N2O3. The fourth-order valence-electron chi connectivity index (χ4n) is 2.14. The number of para-hydroxylation sites is 2. The van der Waals surface area contributed by atoms with E-state index in [1.165, 1.54) is 0 Å². The Morgan fingerprint density at radius 2 is 2.05 bits per heavy atom. The molecule has 0 spiro atoms. The number of carbonyl (C=O) groups is 1. The fourth-order valence-corrected chi connectivity index (χ4v) is 2.14. The Morgan fingerprint density at radius 3 is 2.68 bits per heavy atom. The summed E-state index contributed by atoms with van der Waals surface area (Å²) in [6.45, 7) is 4.34. The van der Waals surface area contributed by atoms with Crippen LogP contribution >= 0.6 is 0 Å². The third-order valence-corrected chi connectivity index (χ3v) is 3.61. The quantitative estimate of drug-likeness (QED) is 0.891. The van der Waals surface area contributed by atoms with E-state index in [1.54, 1.807) is 7.11 Å². The number of rotatable bonds is 6. The van der Waals surface area contributed by atoms with Crippen molar-refractivity contribution < 1.29 is 13.9 Å². The highest BCUT2D eigenvalue weighted by Gasteiger charge is 2.20. The van der Waals surface area contributed by atoms with E-state index in [1.807, 2.05) is 62.2 Å². The number of furan rings is 1. The molecule has 0 aliphatic heterocycles. The molecule has 5 heteroatoms. The number of methoxy groups -OCH3 is 1. The van der Waals surface area contributed by atoms with Crippen LogP contribution in [0.25, 0.3) is 0 Å². The van der Waals surface area contributed by atoms with Gasteiger partial charge in [-0.25, -0.2) is 0 Å². The second-order valence-electron chi connectivity index (χ2n) is 5.29. The van der Waals surface area contributed by atoms with Crippen LogP contribution in [0.15, 0.2) is 40.8 Å². The Morgan fingerprint density at radius 1 is 1.32 bits per heavy atom. The van der Waals surface area contributed by atoms with Gasteiger partial charge < -0.3 is 14.5 Å². The van der Waals surface area contributed by atoms with Gasteiger partial charge in [-0.2, -0.15) is 0 Å². The lowest BCUT2D eigenvalue weighted by Crippen LogP contribution is -2.39. The number of likely N-dealkylation sites (N-methyl/N-ethyl adjacent to an activating group) is 1. The predicted molar refractivity (Wildman–Crippen MR) is 86.0 cm³/mol. The molecular weight excluding hydrogens is 280 g/mol. The van der Waals surface area contributed by atoms with Crippen molar-refractivity contribution in [3.63, 3.8) is 0 Å². The molecule has 5 nitrogen and oxygen atoms in total. The van der Waals surface area contributed by atoms with Crippen molar-refractivity contribution >= 4 is 11.6 Å². The molecule has 0 saturated heterocycles. The largest absolute Gasteiger partial charge is 0.495 e. The highest BCUT2D eigenvalue weighted by molar-refractivity contribution is 5.95. The van der Waals surface area contributed by atoms with Crippen LogP contribution in [0.3, 0.4) is 0 Å². The first-order valence-corrected chi connectivity index (χ1v) is 7.20. The zero-order valence-electron chi connectivity index (χ0n) is 13.4. The molecule has 1 unspecified atom stereocenters. The molecule has 0 fully saturated rings. The summed E-state index contributed by atoms with van der Waals surface area (Å²) in [5.74, 6) is 2.27. The first-order valence-electron chi connectivity index (χ1n) is 7.20. The van der Waals surface area contributed by atoms with Crippen molar-refractivity contribution in [1.29, 1.82) is 0 Å². The van der Waals surface area contributed by atoms with Crippen molar-refractivity contribution in [1.82, 2.24) is 4.90 Å². The smallest absolute Gasteiger partial charge is 0.241 e. The minimum Gasteiger partial charge on any atom is -0.495 e. The number of benzene rings is 1. The molecule has 0 aliphatic carbocycles. The van der Waals surface area contributed by atoms with E-state index in [4.69, 9.17) is 9.15 Å². The normalized spacial score (nSPS) is 12.2. The Balaban J connectivity index is 1.99. The van der Waals surface area contributed by atoms with Gasteiger partial charge in [0.15, 0.2) is 0 Å². The maximum absolute atomic E-state index is 12.4. The Kier molecular flexibility index (Phi) is 5.22. The van der Waals surface area contributed by atoms with E-state index < -0.39 is 0 Å². The molecule has 0 aliphatic rings. The molecule has 1 aromatic heterocycles. The second-order valence-corrected chi connectivity index (χ2v) is 5.29. The van der Waals surface area contributed by atoms with E-state index in [0.717, 1.165) is 11.5 Å². The number of amides is 1. The van der Waals surface area contributed by atoms with E-state index in [0.29, 0.717) is 18.0 Å². The summed E-state index contributed by atoms with van der Waals surface area (Å²) < 4.78 is 10.8. The lowest BCUT2D eigenvalue weighted by molar-refractivity contribution is -0.120. The summed E-state index contributed by atoms with van der Waals surface area (Å²) in [5, 5.41) is 2.90. The van der Waals surface area contributed by atoms with Gasteiger partial charge in [-0.3, -0.25) is 9.69 Å². The summed E-state index contributed by atoms with van der Waals surface area (Å²) in [5.41, 5.74) is 0.670. The molecule has 2 aromatic rings. The zero-order valence-corrected chi connectivity index (χ0v) is 13.4. The van der Waals surface area contributed by atoms with E-state index in [2.05, 4.69) is 5.32 Å². The Hall–Kier alpha value is -2.27. The van der Waals surface area contributed by atoms with Crippen molar-refractivity contribution in [2.45, 2.75) is 26.4 Å². The molecule has 1 atom stereocenters. The predicted octanol–water partition coefficient (Wildman–Crippen LogP) is 3.06. The van der Waals surface area contributed by atoms with Gasteiger partial charge in [0, 0.05) is 0 Å². The fraction of sp³-hybridized carbons (Fsp3) is 0.353. The van der Waals surface area contributed by atoms with Crippen molar-refractivity contribution in [2.75, 3.05) is 19.5 Å². The van der Waals surface area contributed by atoms with Gasteiger partial charge in [0.1, 0.15) is 17.3 Å². The number of carbonyl (C=O) groups excluding carboxylic acids is 1. The summed E-state index contributed by atoms with van der Waals surface area (Å²) in [4.78, 5) is 14.3. The molecule has 118 valence electrons. The molecule has 22 heavy (non-hydrogen) atoms. The highest BCUT2D eigenvalue weighted by atomic mass is 16.5. The number of aryl methyl sites for hydroxylation is 1. The zero-order chi connectivity index (χ0) is 16.1. The van der Waals surface area contributed by atoms with Crippen LogP contribution in [0, 0.1) is 6.92 Å². The standard InChI is InChI=1S/C17H22N2O3/c1-12-9-10-14(22-12)11-19(3)13(2)17(20)18-15-7-5-6-8-16(15)21-4/h5-10,13H,11H2,1-4H3,(H,18,20). The Bertz CT molecular complexity index is 636. The van der Waals surface area contributed by atoms with Gasteiger partial charge >= 0.3 is 0 Å². The van der Waals surface area contributed by atoms with Crippen molar-refractivity contribution in [3.8, 4) is 5.75 Å². The van der Waals surface area contributed by atoms with Gasteiger partial charge in [-0.05, 0) is 45.2 Å². The number of anilines is 1. The summed E-state index contributed by atoms with van der Waals surface area (Å²) in [7, 11) is 3.48. The minimum atomic E-state index is -0.296. The number of hydrogen-bond donors (Lipinski definition) is 1. The molecule has 1 aromatic carbocycles. The lowest BCUT2D eigenvalue weighted by Gasteiger charge is -2.23. The molecule has 2 rings (SSSR count). The molecule has 0 radical (unpaired) electrons. The van der Waals surface area contributed by atoms with E-state index >= 15 is 0 Å². The first-order chi connectivity index (χ1) is 10.5. The average molecular weight is 302 g/mol. The highest BCUT2D eigenvalue weighted by Crippen LogP contribution is 2.23. The molecule has 1 N–H and O–H groups in total. The van der Waals surface area contributed by atoms with Crippen LogP contribution in [0.5, 0.6) is 5.75 Å². The number of ether oxygens (including phenoxy) is 1. The number of hydrogen-bond acceptors (Lipinski definition) is 4. The van der Waals surface area contributed by atoms with Gasteiger partial charge in [0.25, 0.3) is 0 Å². The van der Waals surface area contributed by atoms with Crippen LogP contribution in [0.4, 0.5) is 5.69 Å². The van der Waals surface area contributed by atoms with E-state index in [9.17, 15) is 4.79 Å². The topological polar surface area (TPSA) is 54.7 Å². The number of nitrogens with zero attached hydrogens (tertiary/aromatic N) is 1. The van der Waals surface area contributed by atoms with Gasteiger partial charge in [-0.1, -0.05) is 12.1 Å².